The van der Waals surface area contributed by atoms with E-state index in [-0.39, 0.29) is 17.9 Å². The molecule has 0 radical (unpaired) electrons. The summed E-state index contributed by atoms with van der Waals surface area (Å²) in [6, 6.07) is 4.45. The number of amides is 1. The third kappa shape index (κ3) is 3.93. The normalized spacial score (nSPS) is 9.83. The van der Waals surface area contributed by atoms with Gasteiger partial charge in [0.15, 0.2) is 5.75 Å². The minimum Gasteiger partial charge on any atom is -0.487 e. The molecule has 7 heteroatoms. The van der Waals surface area contributed by atoms with Gasteiger partial charge in [0.1, 0.15) is 0 Å². The smallest absolute Gasteiger partial charge is 0.311 e. The first-order chi connectivity index (χ1) is 8.54. The largest absolute Gasteiger partial charge is 0.487 e. The maximum absolute atomic E-state index is 10.8. The Bertz CT molecular complexity index is 448. The van der Waals surface area contributed by atoms with E-state index in [2.05, 4.69) is 5.32 Å². The first kappa shape index (κ1) is 13.8. The number of hydrogen-bond donors (Lipinski definition) is 2. The highest BCUT2D eigenvalue weighted by Crippen LogP contribution is 2.29. The molecule has 0 atom stereocenters. The Morgan fingerprint density at radius 2 is 2.28 bits per heavy atom. The molecule has 7 nitrogen and oxygen atoms in total. The first-order valence-corrected chi connectivity index (χ1v) is 5.48. The average Bonchev–Trinajstić information content (AvgIpc) is 2.29. The minimum atomic E-state index is -0.502. The van der Waals surface area contributed by atoms with E-state index in [1.54, 1.807) is 13.0 Å². The van der Waals surface area contributed by atoms with Gasteiger partial charge in [-0.05, 0) is 13.0 Å². The van der Waals surface area contributed by atoms with Crippen molar-refractivity contribution in [2.24, 2.45) is 5.73 Å². The highest BCUT2D eigenvalue weighted by molar-refractivity contribution is 5.74. The van der Waals surface area contributed by atoms with Crippen molar-refractivity contribution in [1.82, 2.24) is 0 Å². The van der Waals surface area contributed by atoms with Gasteiger partial charge in [-0.15, -0.1) is 0 Å². The standard InChI is InChI=1S/C11H15N3O4/c1-2-18-10-7-8(13-6-5-11(12)15)3-4-9(10)14(16)17/h3-4,7,13H,2,5-6H2,1H3,(H2,12,15). The summed E-state index contributed by atoms with van der Waals surface area (Å²) in [5.41, 5.74) is 5.56. The molecule has 0 spiro atoms. The van der Waals surface area contributed by atoms with Crippen LogP contribution in [0.3, 0.4) is 0 Å². The van der Waals surface area contributed by atoms with Crippen molar-refractivity contribution in [1.29, 1.82) is 0 Å². The quantitative estimate of drug-likeness (QED) is 0.562. The molecule has 18 heavy (non-hydrogen) atoms. The van der Waals surface area contributed by atoms with Gasteiger partial charge in [-0.2, -0.15) is 0 Å². The first-order valence-electron chi connectivity index (χ1n) is 5.48. The van der Waals surface area contributed by atoms with Crippen LogP contribution >= 0.6 is 0 Å². The predicted octanol–water partition coefficient (Wildman–Crippen LogP) is 1.28. The van der Waals surface area contributed by atoms with Crippen LogP contribution in [-0.4, -0.2) is 24.0 Å². The zero-order valence-corrected chi connectivity index (χ0v) is 10.0. The Balaban J connectivity index is 2.79. The fraction of sp³-hybridized carbons (Fsp3) is 0.364. The van der Waals surface area contributed by atoms with E-state index < -0.39 is 10.8 Å². The summed E-state index contributed by atoms with van der Waals surface area (Å²) in [6.45, 7) is 2.46. The number of primary amides is 1. The lowest BCUT2D eigenvalue weighted by atomic mass is 10.2. The van der Waals surface area contributed by atoms with Gasteiger partial charge in [-0.1, -0.05) is 0 Å². The van der Waals surface area contributed by atoms with Gasteiger partial charge in [0, 0.05) is 30.8 Å². The van der Waals surface area contributed by atoms with Crippen molar-refractivity contribution in [2.75, 3.05) is 18.5 Å². The summed E-state index contributed by atoms with van der Waals surface area (Å²) in [6.07, 6.45) is 0.195. The van der Waals surface area contributed by atoms with E-state index in [1.165, 1.54) is 12.1 Å². The van der Waals surface area contributed by atoms with Crippen LogP contribution in [0.2, 0.25) is 0 Å². The third-order valence-electron chi connectivity index (χ3n) is 2.16. The molecule has 1 amide bonds. The Labute approximate surface area is 104 Å². The van der Waals surface area contributed by atoms with Gasteiger partial charge in [-0.3, -0.25) is 14.9 Å². The van der Waals surface area contributed by atoms with Crippen LogP contribution in [-0.2, 0) is 4.79 Å². The molecule has 0 unspecified atom stereocenters. The van der Waals surface area contributed by atoms with Crippen LogP contribution in [0.1, 0.15) is 13.3 Å². The Morgan fingerprint density at radius 3 is 2.83 bits per heavy atom. The molecule has 1 rings (SSSR count). The van der Waals surface area contributed by atoms with Gasteiger partial charge in [0.05, 0.1) is 11.5 Å². The number of anilines is 1. The van der Waals surface area contributed by atoms with Gasteiger partial charge >= 0.3 is 5.69 Å². The summed E-state index contributed by atoms with van der Waals surface area (Å²) in [7, 11) is 0. The molecule has 0 aliphatic carbocycles. The van der Waals surface area contributed by atoms with E-state index >= 15 is 0 Å². The zero-order chi connectivity index (χ0) is 13.5. The second-order valence-electron chi connectivity index (χ2n) is 3.52. The van der Waals surface area contributed by atoms with E-state index in [4.69, 9.17) is 10.5 Å². The summed E-state index contributed by atoms with van der Waals surface area (Å²) in [4.78, 5) is 20.8. The fourth-order valence-electron chi connectivity index (χ4n) is 1.38. The van der Waals surface area contributed by atoms with Crippen molar-refractivity contribution in [3.8, 4) is 5.75 Å². The zero-order valence-electron chi connectivity index (χ0n) is 10.0. The van der Waals surface area contributed by atoms with Crippen molar-refractivity contribution in [3.63, 3.8) is 0 Å². The van der Waals surface area contributed by atoms with Crippen molar-refractivity contribution >= 4 is 17.3 Å². The number of hydrogen-bond acceptors (Lipinski definition) is 5. The average molecular weight is 253 g/mol. The molecule has 0 bridgehead atoms. The van der Waals surface area contributed by atoms with Crippen LogP contribution < -0.4 is 15.8 Å². The van der Waals surface area contributed by atoms with E-state index in [0.717, 1.165) is 0 Å². The van der Waals surface area contributed by atoms with Crippen molar-refractivity contribution in [2.45, 2.75) is 13.3 Å². The highest BCUT2D eigenvalue weighted by Gasteiger charge is 2.15. The molecule has 0 fully saturated rings. The molecule has 3 N–H and O–H groups in total. The highest BCUT2D eigenvalue weighted by atomic mass is 16.6. The lowest BCUT2D eigenvalue weighted by Gasteiger charge is -2.08. The molecular weight excluding hydrogens is 238 g/mol. The molecular formula is C11H15N3O4. The number of ether oxygens (including phenoxy) is 1. The molecule has 0 aromatic heterocycles. The Hall–Kier alpha value is -2.31. The number of nitrogens with zero attached hydrogens (tertiary/aromatic N) is 1. The lowest BCUT2D eigenvalue weighted by molar-refractivity contribution is -0.385. The molecule has 0 aliphatic rings. The lowest BCUT2D eigenvalue weighted by Crippen LogP contribution is -2.15. The molecule has 0 heterocycles. The molecule has 0 saturated carbocycles. The van der Waals surface area contributed by atoms with Crippen LogP contribution in [0.5, 0.6) is 5.75 Å². The number of nitro groups is 1. The number of benzene rings is 1. The van der Waals surface area contributed by atoms with Crippen molar-refractivity contribution < 1.29 is 14.5 Å². The topological polar surface area (TPSA) is 107 Å². The van der Waals surface area contributed by atoms with Gasteiger partial charge in [-0.25, -0.2) is 0 Å². The number of rotatable bonds is 7. The minimum absolute atomic E-state index is 0.0858. The second kappa shape index (κ2) is 6.43. The van der Waals surface area contributed by atoms with Gasteiger partial charge in [0.25, 0.3) is 0 Å². The number of nitro benzene ring substituents is 1. The summed E-state index contributed by atoms with van der Waals surface area (Å²) >= 11 is 0. The van der Waals surface area contributed by atoms with Gasteiger partial charge < -0.3 is 15.8 Å². The third-order valence-corrected chi connectivity index (χ3v) is 2.16. The van der Waals surface area contributed by atoms with E-state index in [1.807, 2.05) is 0 Å². The Kier molecular flexibility index (Phi) is 4.91. The molecule has 0 aliphatic heterocycles. The summed E-state index contributed by atoms with van der Waals surface area (Å²) in [5.74, 6) is -0.207. The summed E-state index contributed by atoms with van der Waals surface area (Å²) in [5, 5.41) is 13.7. The molecule has 1 aromatic rings. The predicted molar refractivity (Wildman–Crippen MR) is 66.6 cm³/mol. The van der Waals surface area contributed by atoms with Crippen LogP contribution in [0.4, 0.5) is 11.4 Å². The summed E-state index contributed by atoms with van der Waals surface area (Å²) < 4.78 is 5.19. The molecule has 98 valence electrons. The monoisotopic (exact) mass is 253 g/mol. The number of nitrogens with two attached hydrogens (primary N) is 1. The number of nitrogens with one attached hydrogen (secondary N) is 1. The van der Waals surface area contributed by atoms with Crippen LogP contribution in [0.25, 0.3) is 0 Å². The second-order valence-corrected chi connectivity index (χ2v) is 3.52. The van der Waals surface area contributed by atoms with Gasteiger partial charge in [0.2, 0.25) is 5.91 Å². The maximum atomic E-state index is 10.8. The van der Waals surface area contributed by atoms with Crippen LogP contribution in [0.15, 0.2) is 18.2 Å². The molecule has 0 saturated heterocycles. The van der Waals surface area contributed by atoms with Crippen molar-refractivity contribution in [3.05, 3.63) is 28.3 Å². The molecule has 1 aromatic carbocycles. The Morgan fingerprint density at radius 1 is 1.56 bits per heavy atom. The number of carbonyl (C=O) groups excluding carboxylic acids is 1. The SMILES string of the molecule is CCOc1cc(NCCC(N)=O)ccc1[N+](=O)[O-]. The fourth-order valence-corrected chi connectivity index (χ4v) is 1.38. The maximum Gasteiger partial charge on any atom is 0.311 e. The number of carbonyl (C=O) groups is 1. The van der Waals surface area contributed by atoms with E-state index in [0.29, 0.717) is 18.8 Å². The van der Waals surface area contributed by atoms with Crippen LogP contribution in [0, 0.1) is 10.1 Å². The van der Waals surface area contributed by atoms with E-state index in [9.17, 15) is 14.9 Å².